The van der Waals surface area contributed by atoms with Gasteiger partial charge >= 0.3 is 0 Å². The fourth-order valence-corrected chi connectivity index (χ4v) is 2.90. The Hall–Kier alpha value is -2.64. The van der Waals surface area contributed by atoms with Crippen LogP contribution in [-0.4, -0.2) is 57.7 Å². The number of nitrogens with zero attached hydrogens (tertiary/aromatic N) is 3. The Morgan fingerprint density at radius 1 is 1.35 bits per heavy atom. The highest BCUT2D eigenvalue weighted by Gasteiger charge is 2.28. The summed E-state index contributed by atoms with van der Waals surface area (Å²) in [5.41, 5.74) is 1.17. The van der Waals surface area contributed by atoms with Crippen LogP contribution >= 0.6 is 0 Å². The van der Waals surface area contributed by atoms with Gasteiger partial charge in [-0.05, 0) is 24.1 Å². The molecule has 0 aliphatic carbocycles. The third kappa shape index (κ3) is 4.93. The van der Waals surface area contributed by atoms with E-state index in [9.17, 15) is 14.3 Å². The van der Waals surface area contributed by atoms with Gasteiger partial charge in [-0.1, -0.05) is 24.3 Å². The lowest BCUT2D eigenvalue weighted by Crippen LogP contribution is -2.54. The third-order valence-electron chi connectivity index (χ3n) is 4.32. The van der Waals surface area contributed by atoms with Crippen LogP contribution in [0.2, 0.25) is 0 Å². The summed E-state index contributed by atoms with van der Waals surface area (Å²) < 4.78 is 12.9. The lowest BCUT2D eigenvalue weighted by Gasteiger charge is -2.35. The second-order valence-electron chi connectivity index (χ2n) is 6.24. The van der Waals surface area contributed by atoms with E-state index in [1.165, 1.54) is 30.7 Å². The molecule has 1 saturated heterocycles. The van der Waals surface area contributed by atoms with Gasteiger partial charge in [0.25, 0.3) is 5.91 Å². The molecule has 3 rings (SSSR count). The summed E-state index contributed by atoms with van der Waals surface area (Å²) in [4.78, 5) is 22.1. The molecule has 0 bridgehead atoms. The van der Waals surface area contributed by atoms with Gasteiger partial charge in [-0.15, -0.1) is 0 Å². The number of likely N-dealkylation sites (tertiary alicyclic amines) is 1. The number of hydrogen-bond donors (Lipinski definition) is 2. The van der Waals surface area contributed by atoms with E-state index in [1.807, 2.05) is 12.2 Å². The van der Waals surface area contributed by atoms with Crippen LogP contribution in [0.15, 0.2) is 48.9 Å². The summed E-state index contributed by atoms with van der Waals surface area (Å²) in [6.07, 6.45) is 8.27. The van der Waals surface area contributed by atoms with Crippen molar-refractivity contribution in [2.24, 2.45) is 0 Å². The van der Waals surface area contributed by atoms with E-state index in [2.05, 4.69) is 20.2 Å². The lowest BCUT2D eigenvalue weighted by atomic mass is 10.0. The molecular weight excluding hydrogens is 335 g/mol. The van der Waals surface area contributed by atoms with Crippen molar-refractivity contribution in [1.29, 1.82) is 0 Å². The number of aromatic nitrogens is 2. The number of β-amino-alcohol motifs (C(OH)–C–C–N with tert-alkyl or cyclic N) is 1. The normalized spacial score (nSPS) is 21.0. The molecule has 0 unspecified atom stereocenters. The van der Waals surface area contributed by atoms with Gasteiger partial charge in [0.05, 0.1) is 18.3 Å². The van der Waals surface area contributed by atoms with Crippen molar-refractivity contribution >= 4 is 12.0 Å². The number of hydrogen-bond acceptors (Lipinski definition) is 5. The van der Waals surface area contributed by atoms with Crippen molar-refractivity contribution in [2.45, 2.75) is 18.6 Å². The van der Waals surface area contributed by atoms with Crippen LogP contribution in [0.4, 0.5) is 4.39 Å². The van der Waals surface area contributed by atoms with Crippen LogP contribution in [0.1, 0.15) is 22.5 Å². The molecule has 0 radical (unpaired) electrons. The molecule has 2 aromatic rings. The number of amides is 1. The summed E-state index contributed by atoms with van der Waals surface area (Å²) in [5.74, 6) is -0.581. The highest BCUT2D eigenvalue weighted by molar-refractivity contribution is 5.92. The zero-order valence-corrected chi connectivity index (χ0v) is 14.3. The van der Waals surface area contributed by atoms with E-state index in [0.717, 1.165) is 12.1 Å². The molecule has 2 atom stereocenters. The number of carbonyl (C=O) groups is 1. The predicted molar refractivity (Wildman–Crippen MR) is 95.8 cm³/mol. The minimum absolute atomic E-state index is 0.240. The summed E-state index contributed by atoms with van der Waals surface area (Å²) in [6.45, 7) is 1.91. The highest BCUT2D eigenvalue weighted by atomic mass is 19.1. The predicted octanol–water partition coefficient (Wildman–Crippen LogP) is 1.49. The number of aliphatic hydroxyl groups excluding tert-OH is 1. The molecule has 1 aromatic carbocycles. The number of nitrogens with one attached hydrogen (secondary N) is 1. The first-order valence-electron chi connectivity index (χ1n) is 8.51. The minimum Gasteiger partial charge on any atom is -0.390 e. The van der Waals surface area contributed by atoms with E-state index in [4.69, 9.17) is 0 Å². The zero-order chi connectivity index (χ0) is 18.4. The van der Waals surface area contributed by atoms with Gasteiger partial charge in [0, 0.05) is 32.0 Å². The molecule has 26 heavy (non-hydrogen) atoms. The maximum absolute atomic E-state index is 12.9. The van der Waals surface area contributed by atoms with E-state index < -0.39 is 6.10 Å². The molecular formula is C19H21FN4O2. The van der Waals surface area contributed by atoms with Crippen LogP contribution in [0.3, 0.4) is 0 Å². The van der Waals surface area contributed by atoms with Crippen LogP contribution < -0.4 is 5.32 Å². The average Bonchev–Trinajstić information content (AvgIpc) is 2.66. The molecule has 0 saturated carbocycles. The molecule has 7 heteroatoms. The fraction of sp³-hybridized carbons (Fsp3) is 0.316. The summed E-state index contributed by atoms with van der Waals surface area (Å²) in [5, 5.41) is 13.1. The first kappa shape index (κ1) is 18.2. The van der Waals surface area contributed by atoms with Crippen LogP contribution in [0, 0.1) is 5.82 Å². The second kappa shape index (κ2) is 8.64. The maximum atomic E-state index is 12.9. The first-order chi connectivity index (χ1) is 12.6. The van der Waals surface area contributed by atoms with Crippen molar-refractivity contribution in [3.8, 4) is 0 Å². The van der Waals surface area contributed by atoms with Gasteiger partial charge in [-0.25, -0.2) is 9.37 Å². The number of carbonyl (C=O) groups excluding carboxylic acids is 1. The summed E-state index contributed by atoms with van der Waals surface area (Å²) in [7, 11) is 0. The number of piperidine rings is 1. The molecule has 2 N–H and O–H groups in total. The third-order valence-corrected chi connectivity index (χ3v) is 4.32. The average molecular weight is 356 g/mol. The molecule has 136 valence electrons. The van der Waals surface area contributed by atoms with Gasteiger partial charge in [0.1, 0.15) is 11.5 Å². The lowest BCUT2D eigenvalue weighted by molar-refractivity contribution is 0.0421. The molecule has 1 aromatic heterocycles. The standard InChI is InChI=1S/C19H21FN4O2/c20-15-5-3-14(4-6-15)2-1-10-24-11-7-16(18(25)13-24)23-19(26)17-12-21-8-9-22-17/h1-6,8-9,12,16,18,25H,7,10-11,13H2,(H,23,26)/b2-1+/t16-,18-/m1/s1. The molecule has 1 aliphatic heterocycles. The van der Waals surface area contributed by atoms with Crippen molar-refractivity contribution in [3.05, 3.63) is 66.0 Å². The number of benzene rings is 1. The molecule has 1 amide bonds. The SMILES string of the molecule is O=C(N[C@@H]1CCN(C/C=C/c2ccc(F)cc2)C[C@H]1O)c1cnccn1. The van der Waals surface area contributed by atoms with Crippen molar-refractivity contribution < 1.29 is 14.3 Å². The van der Waals surface area contributed by atoms with Gasteiger partial charge in [0.2, 0.25) is 0 Å². The molecule has 1 aliphatic rings. The Kier molecular flexibility index (Phi) is 6.04. The van der Waals surface area contributed by atoms with Gasteiger partial charge in [-0.2, -0.15) is 0 Å². The fourth-order valence-electron chi connectivity index (χ4n) is 2.90. The Labute approximate surface area is 151 Å². The Morgan fingerprint density at radius 2 is 2.15 bits per heavy atom. The zero-order valence-electron chi connectivity index (χ0n) is 14.3. The molecule has 2 heterocycles. The molecule has 0 spiro atoms. The van der Waals surface area contributed by atoms with Crippen LogP contribution in [-0.2, 0) is 0 Å². The number of aliphatic hydroxyl groups is 1. The molecule has 1 fully saturated rings. The second-order valence-corrected chi connectivity index (χ2v) is 6.24. The first-order valence-corrected chi connectivity index (χ1v) is 8.51. The molecule has 6 nitrogen and oxygen atoms in total. The number of halogens is 1. The van der Waals surface area contributed by atoms with Crippen molar-refractivity contribution in [2.75, 3.05) is 19.6 Å². The van der Waals surface area contributed by atoms with Crippen molar-refractivity contribution in [3.63, 3.8) is 0 Å². The summed E-state index contributed by atoms with van der Waals surface area (Å²) >= 11 is 0. The van der Waals surface area contributed by atoms with E-state index in [-0.39, 0.29) is 23.5 Å². The van der Waals surface area contributed by atoms with E-state index in [1.54, 1.807) is 12.1 Å². The smallest absolute Gasteiger partial charge is 0.271 e. The van der Waals surface area contributed by atoms with Gasteiger partial charge in [0.15, 0.2) is 0 Å². The number of rotatable bonds is 5. The monoisotopic (exact) mass is 356 g/mol. The van der Waals surface area contributed by atoms with Crippen LogP contribution in [0.25, 0.3) is 6.08 Å². The topological polar surface area (TPSA) is 78.4 Å². The minimum atomic E-state index is -0.649. The van der Waals surface area contributed by atoms with E-state index in [0.29, 0.717) is 19.5 Å². The maximum Gasteiger partial charge on any atom is 0.271 e. The Balaban J connectivity index is 1.47. The quantitative estimate of drug-likeness (QED) is 0.849. The summed E-state index contributed by atoms with van der Waals surface area (Å²) in [6, 6.07) is 5.98. The van der Waals surface area contributed by atoms with E-state index >= 15 is 0 Å². The Morgan fingerprint density at radius 3 is 2.85 bits per heavy atom. The van der Waals surface area contributed by atoms with Gasteiger partial charge < -0.3 is 10.4 Å². The van der Waals surface area contributed by atoms with Crippen LogP contribution in [0.5, 0.6) is 0 Å². The Bertz CT molecular complexity index is 752. The highest BCUT2D eigenvalue weighted by Crippen LogP contribution is 2.12. The van der Waals surface area contributed by atoms with Crippen molar-refractivity contribution in [1.82, 2.24) is 20.2 Å². The van der Waals surface area contributed by atoms with Gasteiger partial charge in [-0.3, -0.25) is 14.7 Å². The largest absolute Gasteiger partial charge is 0.390 e.